The van der Waals surface area contributed by atoms with E-state index in [1.165, 1.54) is 11.1 Å². The second kappa shape index (κ2) is 7.08. The van der Waals surface area contributed by atoms with E-state index in [2.05, 4.69) is 24.3 Å². The van der Waals surface area contributed by atoms with Crippen molar-refractivity contribution in [1.29, 1.82) is 0 Å². The van der Waals surface area contributed by atoms with Crippen LogP contribution in [-0.2, 0) is 29.0 Å². The van der Waals surface area contributed by atoms with E-state index < -0.39 is 0 Å². The van der Waals surface area contributed by atoms with E-state index in [-0.39, 0.29) is 5.97 Å². The van der Waals surface area contributed by atoms with E-state index in [0.717, 1.165) is 24.8 Å². The van der Waals surface area contributed by atoms with Crippen LogP contribution in [0.4, 0.5) is 0 Å². The van der Waals surface area contributed by atoms with Gasteiger partial charge in [0.15, 0.2) is 0 Å². The van der Waals surface area contributed by atoms with Crippen molar-refractivity contribution in [2.75, 3.05) is 0 Å². The van der Waals surface area contributed by atoms with Gasteiger partial charge in [0, 0.05) is 6.08 Å². The number of ether oxygens (including phenoxy) is 1. The third-order valence-corrected chi connectivity index (χ3v) is 4.08. The fourth-order valence-corrected chi connectivity index (χ4v) is 2.95. The highest BCUT2D eigenvalue weighted by Gasteiger charge is 2.19. The van der Waals surface area contributed by atoms with Gasteiger partial charge in [-0.25, -0.2) is 4.79 Å². The van der Waals surface area contributed by atoms with Crippen LogP contribution in [0.3, 0.4) is 0 Å². The first-order valence-corrected chi connectivity index (χ1v) is 7.75. The number of hydrogen-bond acceptors (Lipinski definition) is 2. The standard InChI is InChI=1S/C20H20O2/c21-20(22-15-16-7-2-1-3-8-16)12-6-9-17-13-18-10-4-5-11-19(18)14-17/h1-8,10-12,17H,9,13-15H2. The van der Waals surface area contributed by atoms with Gasteiger partial charge in [0.05, 0.1) is 0 Å². The van der Waals surface area contributed by atoms with Crippen molar-refractivity contribution in [2.45, 2.75) is 25.9 Å². The Labute approximate surface area is 131 Å². The molecule has 0 N–H and O–H groups in total. The molecule has 2 aromatic carbocycles. The topological polar surface area (TPSA) is 26.3 Å². The molecule has 0 amide bonds. The van der Waals surface area contributed by atoms with Crippen LogP contribution in [0, 0.1) is 5.92 Å². The van der Waals surface area contributed by atoms with Crippen LogP contribution in [0.25, 0.3) is 0 Å². The lowest BCUT2D eigenvalue weighted by molar-refractivity contribution is -0.139. The molecule has 2 aromatic rings. The summed E-state index contributed by atoms with van der Waals surface area (Å²) in [6, 6.07) is 18.3. The second-order valence-corrected chi connectivity index (χ2v) is 5.77. The van der Waals surface area contributed by atoms with E-state index >= 15 is 0 Å². The molecule has 1 aliphatic carbocycles. The van der Waals surface area contributed by atoms with Crippen LogP contribution < -0.4 is 0 Å². The summed E-state index contributed by atoms with van der Waals surface area (Å²) in [7, 11) is 0. The molecule has 1 aliphatic rings. The third kappa shape index (κ3) is 3.85. The highest BCUT2D eigenvalue weighted by atomic mass is 16.5. The first-order valence-electron chi connectivity index (χ1n) is 7.75. The Hall–Kier alpha value is -2.35. The summed E-state index contributed by atoms with van der Waals surface area (Å²) in [6.45, 7) is 0.332. The van der Waals surface area contributed by atoms with Crippen LogP contribution >= 0.6 is 0 Å². The zero-order chi connectivity index (χ0) is 15.2. The van der Waals surface area contributed by atoms with Crippen LogP contribution in [0.15, 0.2) is 66.7 Å². The average Bonchev–Trinajstić information content (AvgIpc) is 2.96. The molecule has 0 bridgehead atoms. The third-order valence-electron chi connectivity index (χ3n) is 4.08. The van der Waals surface area contributed by atoms with E-state index in [1.807, 2.05) is 36.4 Å². The van der Waals surface area contributed by atoms with Gasteiger partial charge in [-0.05, 0) is 41.9 Å². The number of carbonyl (C=O) groups is 1. The summed E-state index contributed by atoms with van der Waals surface area (Å²) in [5, 5.41) is 0. The monoisotopic (exact) mass is 292 g/mol. The van der Waals surface area contributed by atoms with Crippen LogP contribution in [0.5, 0.6) is 0 Å². The molecule has 0 heterocycles. The van der Waals surface area contributed by atoms with Crippen LogP contribution in [0.2, 0.25) is 0 Å². The summed E-state index contributed by atoms with van der Waals surface area (Å²) in [5.74, 6) is 0.343. The number of hydrogen-bond donors (Lipinski definition) is 0. The summed E-state index contributed by atoms with van der Waals surface area (Å²) in [4.78, 5) is 11.7. The predicted molar refractivity (Wildman–Crippen MR) is 87.3 cm³/mol. The minimum absolute atomic E-state index is 0.264. The molecular formula is C20H20O2. The second-order valence-electron chi connectivity index (χ2n) is 5.77. The fraction of sp³-hybridized carbons (Fsp3) is 0.250. The van der Waals surface area contributed by atoms with Crippen LogP contribution in [-0.4, -0.2) is 5.97 Å². The molecule has 2 nitrogen and oxygen atoms in total. The van der Waals surface area contributed by atoms with E-state index in [0.29, 0.717) is 12.5 Å². The number of allylic oxidation sites excluding steroid dienone is 1. The van der Waals surface area contributed by atoms with Gasteiger partial charge in [-0.2, -0.15) is 0 Å². The molecule has 0 radical (unpaired) electrons. The Kier molecular flexibility index (Phi) is 4.69. The maximum atomic E-state index is 11.7. The molecule has 2 heteroatoms. The van der Waals surface area contributed by atoms with Crippen molar-refractivity contribution in [3.05, 3.63) is 83.4 Å². The van der Waals surface area contributed by atoms with E-state index in [4.69, 9.17) is 4.74 Å². The Morgan fingerprint density at radius 3 is 2.32 bits per heavy atom. The lowest BCUT2D eigenvalue weighted by atomic mass is 10.0. The molecule has 0 aromatic heterocycles. The number of esters is 1. The summed E-state index contributed by atoms with van der Waals surface area (Å²) in [5.41, 5.74) is 3.91. The quantitative estimate of drug-likeness (QED) is 0.613. The molecule has 0 aliphatic heterocycles. The van der Waals surface area contributed by atoms with Gasteiger partial charge < -0.3 is 4.74 Å². The molecule has 0 spiro atoms. The summed E-state index contributed by atoms with van der Waals surface area (Å²) < 4.78 is 5.23. The van der Waals surface area contributed by atoms with Crippen molar-refractivity contribution in [2.24, 2.45) is 5.92 Å². The van der Waals surface area contributed by atoms with Gasteiger partial charge in [0.1, 0.15) is 6.61 Å². The fourth-order valence-electron chi connectivity index (χ4n) is 2.95. The van der Waals surface area contributed by atoms with Crippen molar-refractivity contribution in [3.8, 4) is 0 Å². The van der Waals surface area contributed by atoms with E-state index in [1.54, 1.807) is 6.08 Å². The lowest BCUT2D eigenvalue weighted by Crippen LogP contribution is -2.02. The Balaban J connectivity index is 1.42. The maximum Gasteiger partial charge on any atom is 0.330 e. The zero-order valence-corrected chi connectivity index (χ0v) is 12.6. The van der Waals surface area contributed by atoms with Crippen molar-refractivity contribution >= 4 is 5.97 Å². The molecule has 0 atom stereocenters. The first-order chi connectivity index (χ1) is 10.8. The van der Waals surface area contributed by atoms with Crippen molar-refractivity contribution in [1.82, 2.24) is 0 Å². The molecular weight excluding hydrogens is 272 g/mol. The maximum absolute atomic E-state index is 11.7. The largest absolute Gasteiger partial charge is 0.458 e. The molecule has 112 valence electrons. The normalized spacial score (nSPS) is 14.2. The van der Waals surface area contributed by atoms with Gasteiger partial charge in [0.25, 0.3) is 0 Å². The van der Waals surface area contributed by atoms with Gasteiger partial charge >= 0.3 is 5.97 Å². The highest BCUT2D eigenvalue weighted by Crippen LogP contribution is 2.28. The van der Waals surface area contributed by atoms with Crippen molar-refractivity contribution < 1.29 is 9.53 Å². The van der Waals surface area contributed by atoms with Gasteiger partial charge in [-0.1, -0.05) is 60.7 Å². The minimum atomic E-state index is -0.264. The molecule has 22 heavy (non-hydrogen) atoms. The minimum Gasteiger partial charge on any atom is -0.458 e. The zero-order valence-electron chi connectivity index (χ0n) is 12.6. The Bertz CT molecular complexity index is 633. The summed E-state index contributed by atoms with van der Waals surface area (Å²) >= 11 is 0. The number of benzene rings is 2. The first kappa shape index (κ1) is 14.6. The molecule has 0 fully saturated rings. The van der Waals surface area contributed by atoms with Gasteiger partial charge in [0.2, 0.25) is 0 Å². The molecule has 0 unspecified atom stereocenters. The molecule has 0 saturated carbocycles. The molecule has 3 rings (SSSR count). The Morgan fingerprint density at radius 2 is 1.64 bits per heavy atom. The number of carbonyl (C=O) groups excluding carboxylic acids is 1. The smallest absolute Gasteiger partial charge is 0.330 e. The number of fused-ring (bicyclic) bond motifs is 1. The highest BCUT2D eigenvalue weighted by molar-refractivity contribution is 5.81. The van der Waals surface area contributed by atoms with Crippen molar-refractivity contribution in [3.63, 3.8) is 0 Å². The van der Waals surface area contributed by atoms with Gasteiger partial charge in [-0.15, -0.1) is 0 Å². The van der Waals surface area contributed by atoms with Crippen LogP contribution in [0.1, 0.15) is 23.1 Å². The predicted octanol–water partition coefficient (Wildman–Crippen LogP) is 4.09. The van der Waals surface area contributed by atoms with Gasteiger partial charge in [-0.3, -0.25) is 0 Å². The lowest BCUT2D eigenvalue weighted by Gasteiger charge is -2.04. The summed E-state index contributed by atoms with van der Waals surface area (Å²) in [6.07, 6.45) is 6.66. The van der Waals surface area contributed by atoms with E-state index in [9.17, 15) is 4.79 Å². The Morgan fingerprint density at radius 1 is 1.00 bits per heavy atom. The molecule has 0 saturated heterocycles. The number of rotatable bonds is 5. The average molecular weight is 292 g/mol. The SMILES string of the molecule is O=C(C=CCC1Cc2ccccc2C1)OCc1ccccc1.